The fourth-order valence-corrected chi connectivity index (χ4v) is 4.38. The number of nitrogens with zero attached hydrogens (tertiary/aromatic N) is 3. The molecule has 1 aromatic heterocycles. The number of rotatable bonds is 4. The Morgan fingerprint density at radius 3 is 2.43 bits per heavy atom. The molecule has 2 heterocycles. The van der Waals surface area contributed by atoms with Crippen LogP contribution in [-0.2, 0) is 4.79 Å². The van der Waals surface area contributed by atoms with E-state index in [0.29, 0.717) is 6.04 Å². The van der Waals surface area contributed by atoms with E-state index in [-0.39, 0.29) is 5.91 Å². The minimum atomic E-state index is 0.122. The number of amides is 1. The van der Waals surface area contributed by atoms with Gasteiger partial charge in [-0.25, -0.2) is 0 Å². The Hall–Kier alpha value is -2.49. The van der Waals surface area contributed by atoms with Crippen molar-refractivity contribution in [3.05, 3.63) is 58.4 Å². The maximum atomic E-state index is 12.7. The number of hydrogen-bond acceptors (Lipinski definition) is 2. The number of carbonyl (C=O) groups is 1. The maximum absolute atomic E-state index is 12.7. The lowest BCUT2D eigenvalue weighted by atomic mass is 10.1. The Labute approximate surface area is 168 Å². The van der Waals surface area contributed by atoms with Crippen molar-refractivity contribution in [1.82, 2.24) is 9.47 Å². The van der Waals surface area contributed by atoms with E-state index in [2.05, 4.69) is 61.4 Å². The number of carbonyl (C=O) groups excluding carboxylic acids is 1. The summed E-state index contributed by atoms with van der Waals surface area (Å²) < 4.78 is 2.42. The van der Waals surface area contributed by atoms with Crippen molar-refractivity contribution in [3.8, 4) is 0 Å². The van der Waals surface area contributed by atoms with Crippen LogP contribution in [0, 0.1) is 27.7 Å². The highest BCUT2D eigenvalue weighted by atomic mass is 16.2. The molecule has 1 saturated heterocycles. The van der Waals surface area contributed by atoms with Gasteiger partial charge in [-0.15, -0.1) is 0 Å². The predicted molar refractivity (Wildman–Crippen MR) is 116 cm³/mol. The van der Waals surface area contributed by atoms with E-state index in [1.54, 1.807) is 6.08 Å². The molecule has 2 fully saturated rings. The summed E-state index contributed by atoms with van der Waals surface area (Å²) in [7, 11) is 0. The van der Waals surface area contributed by atoms with Crippen LogP contribution < -0.4 is 4.90 Å². The van der Waals surface area contributed by atoms with Crippen LogP contribution in [0.5, 0.6) is 0 Å². The van der Waals surface area contributed by atoms with Crippen molar-refractivity contribution in [1.29, 1.82) is 0 Å². The van der Waals surface area contributed by atoms with Gasteiger partial charge in [0, 0.05) is 55.4 Å². The Balaban J connectivity index is 1.39. The summed E-state index contributed by atoms with van der Waals surface area (Å²) >= 11 is 0. The molecule has 0 spiro atoms. The van der Waals surface area contributed by atoms with E-state index in [9.17, 15) is 4.79 Å². The van der Waals surface area contributed by atoms with Gasteiger partial charge in [0.25, 0.3) is 0 Å². The van der Waals surface area contributed by atoms with E-state index >= 15 is 0 Å². The largest absolute Gasteiger partial charge is 0.368 e. The van der Waals surface area contributed by atoms with Crippen molar-refractivity contribution < 1.29 is 4.79 Å². The average Bonchev–Trinajstić information content (AvgIpc) is 3.48. The van der Waals surface area contributed by atoms with Crippen LogP contribution in [0.15, 0.2) is 30.3 Å². The van der Waals surface area contributed by atoms with Gasteiger partial charge in [-0.05, 0) is 75.4 Å². The van der Waals surface area contributed by atoms with Gasteiger partial charge >= 0.3 is 0 Å². The van der Waals surface area contributed by atoms with Crippen molar-refractivity contribution in [2.75, 3.05) is 31.1 Å². The summed E-state index contributed by atoms with van der Waals surface area (Å²) in [5.41, 5.74) is 7.72. The van der Waals surface area contributed by atoms with E-state index in [4.69, 9.17) is 0 Å². The minimum Gasteiger partial charge on any atom is -0.368 e. The van der Waals surface area contributed by atoms with E-state index in [0.717, 1.165) is 26.2 Å². The molecule has 0 unspecified atom stereocenters. The van der Waals surface area contributed by atoms with Gasteiger partial charge in [0.2, 0.25) is 5.91 Å². The summed E-state index contributed by atoms with van der Waals surface area (Å²) in [5, 5.41) is 0. The van der Waals surface area contributed by atoms with Gasteiger partial charge < -0.3 is 14.4 Å². The van der Waals surface area contributed by atoms with Crippen molar-refractivity contribution in [3.63, 3.8) is 0 Å². The first kappa shape index (κ1) is 18.9. The number of aromatic nitrogens is 1. The van der Waals surface area contributed by atoms with E-state index in [1.807, 2.05) is 11.0 Å². The molecule has 4 heteroatoms. The minimum absolute atomic E-state index is 0.122. The molecule has 2 aromatic rings. The fourth-order valence-electron chi connectivity index (χ4n) is 4.38. The van der Waals surface area contributed by atoms with Crippen LogP contribution in [0.3, 0.4) is 0 Å². The monoisotopic (exact) mass is 377 g/mol. The Morgan fingerprint density at radius 2 is 1.75 bits per heavy atom. The topological polar surface area (TPSA) is 28.5 Å². The predicted octanol–water partition coefficient (Wildman–Crippen LogP) is 4.42. The SMILES string of the molecule is Cc1cccc(N2CCN(C(=O)/C=C/c3cc(C)n(C4CC4)c3C)CC2)c1C. The number of hydrogen-bond donors (Lipinski definition) is 0. The first-order valence-corrected chi connectivity index (χ1v) is 10.4. The maximum Gasteiger partial charge on any atom is 0.246 e. The lowest BCUT2D eigenvalue weighted by molar-refractivity contribution is -0.126. The quantitative estimate of drug-likeness (QED) is 0.738. The summed E-state index contributed by atoms with van der Waals surface area (Å²) in [6, 6.07) is 9.35. The van der Waals surface area contributed by atoms with Crippen molar-refractivity contribution in [2.24, 2.45) is 0 Å². The lowest BCUT2D eigenvalue weighted by Crippen LogP contribution is -2.48. The molecule has 0 N–H and O–H groups in total. The third kappa shape index (κ3) is 3.60. The van der Waals surface area contributed by atoms with Crippen molar-refractivity contribution in [2.45, 2.75) is 46.6 Å². The highest BCUT2D eigenvalue weighted by molar-refractivity contribution is 5.92. The third-order valence-electron chi connectivity index (χ3n) is 6.35. The summed E-state index contributed by atoms with van der Waals surface area (Å²) in [6.45, 7) is 12.0. The van der Waals surface area contributed by atoms with E-state index in [1.165, 1.54) is 46.6 Å². The summed E-state index contributed by atoms with van der Waals surface area (Å²) in [6.07, 6.45) is 6.32. The van der Waals surface area contributed by atoms with Crippen LogP contribution in [0.2, 0.25) is 0 Å². The average molecular weight is 378 g/mol. The number of aryl methyl sites for hydroxylation is 2. The standard InChI is InChI=1S/C24H31N3O/c1-17-6-5-7-23(19(17)3)25-12-14-26(15-13-25)24(28)11-8-21-16-18(2)27(20(21)4)22-9-10-22/h5-8,11,16,22H,9-10,12-15H2,1-4H3/b11-8+. The highest BCUT2D eigenvalue weighted by Gasteiger charge is 2.26. The molecule has 1 amide bonds. The molecule has 1 aromatic carbocycles. The van der Waals surface area contributed by atoms with Gasteiger partial charge in [0.15, 0.2) is 0 Å². The van der Waals surface area contributed by atoms with Gasteiger partial charge in [-0.3, -0.25) is 4.79 Å². The van der Waals surface area contributed by atoms with Crippen LogP contribution >= 0.6 is 0 Å². The summed E-state index contributed by atoms with van der Waals surface area (Å²) in [5.74, 6) is 0.122. The van der Waals surface area contributed by atoms with Crippen LogP contribution in [0.25, 0.3) is 6.08 Å². The number of piperazine rings is 1. The molecule has 4 rings (SSSR count). The molecular formula is C24H31N3O. The van der Waals surface area contributed by atoms with Crippen molar-refractivity contribution >= 4 is 17.7 Å². The third-order valence-corrected chi connectivity index (χ3v) is 6.35. The van der Waals surface area contributed by atoms with Gasteiger partial charge in [-0.1, -0.05) is 12.1 Å². The second-order valence-electron chi connectivity index (χ2n) is 8.29. The second kappa shape index (κ2) is 7.50. The Bertz CT molecular complexity index is 912. The highest BCUT2D eigenvalue weighted by Crippen LogP contribution is 2.38. The molecule has 4 nitrogen and oxygen atoms in total. The number of benzene rings is 1. The zero-order chi connectivity index (χ0) is 19.8. The molecule has 0 bridgehead atoms. The van der Waals surface area contributed by atoms with Gasteiger partial charge in [0.1, 0.15) is 0 Å². The Morgan fingerprint density at radius 1 is 1.04 bits per heavy atom. The molecule has 1 saturated carbocycles. The fraction of sp³-hybridized carbons (Fsp3) is 0.458. The molecular weight excluding hydrogens is 346 g/mol. The molecule has 2 aliphatic rings. The zero-order valence-electron chi connectivity index (χ0n) is 17.5. The first-order chi connectivity index (χ1) is 13.5. The van der Waals surface area contributed by atoms with E-state index < -0.39 is 0 Å². The molecule has 148 valence electrons. The van der Waals surface area contributed by atoms with Crippen LogP contribution in [0.1, 0.15) is 47.0 Å². The first-order valence-electron chi connectivity index (χ1n) is 10.4. The van der Waals surface area contributed by atoms with Crippen LogP contribution in [-0.4, -0.2) is 41.6 Å². The second-order valence-corrected chi connectivity index (χ2v) is 8.29. The number of anilines is 1. The molecule has 28 heavy (non-hydrogen) atoms. The molecule has 1 aliphatic carbocycles. The smallest absolute Gasteiger partial charge is 0.246 e. The lowest BCUT2D eigenvalue weighted by Gasteiger charge is -2.36. The van der Waals surface area contributed by atoms with Gasteiger partial charge in [0.05, 0.1) is 0 Å². The van der Waals surface area contributed by atoms with Gasteiger partial charge in [-0.2, -0.15) is 0 Å². The normalized spacial score (nSPS) is 17.6. The molecule has 0 atom stereocenters. The zero-order valence-corrected chi connectivity index (χ0v) is 17.5. The summed E-state index contributed by atoms with van der Waals surface area (Å²) in [4.78, 5) is 17.1. The molecule has 1 aliphatic heterocycles. The Kier molecular flexibility index (Phi) is 5.05. The van der Waals surface area contributed by atoms with Crippen LogP contribution in [0.4, 0.5) is 5.69 Å². The molecule has 0 radical (unpaired) electrons.